The van der Waals surface area contributed by atoms with E-state index in [1.807, 2.05) is 17.0 Å². The average molecular weight is 313 g/mol. The first-order chi connectivity index (χ1) is 11.3. The van der Waals surface area contributed by atoms with Gasteiger partial charge in [0.25, 0.3) is 0 Å². The summed E-state index contributed by atoms with van der Waals surface area (Å²) >= 11 is 0. The van der Waals surface area contributed by atoms with Crippen LogP contribution >= 0.6 is 0 Å². The molecule has 1 atom stereocenters. The fraction of sp³-hybridized carbons (Fsp3) is 0.438. The number of aromatic nitrogens is 2. The predicted octanol–water partition coefficient (Wildman–Crippen LogP) is 0.183. The van der Waals surface area contributed by atoms with Crippen LogP contribution in [0.5, 0.6) is 0 Å². The van der Waals surface area contributed by atoms with E-state index in [4.69, 9.17) is 4.42 Å². The third kappa shape index (κ3) is 2.85. The molecule has 2 aliphatic heterocycles. The fourth-order valence-electron chi connectivity index (χ4n) is 3.05. The molecule has 0 saturated carbocycles. The van der Waals surface area contributed by atoms with Crippen LogP contribution in [0.3, 0.4) is 0 Å². The van der Waals surface area contributed by atoms with E-state index < -0.39 is 0 Å². The molecule has 4 heterocycles. The first-order valence-corrected chi connectivity index (χ1v) is 7.93. The normalized spacial score (nSPS) is 21.0. The van der Waals surface area contributed by atoms with E-state index >= 15 is 0 Å². The second-order valence-corrected chi connectivity index (χ2v) is 5.85. The Labute approximate surface area is 134 Å². The Balaban J connectivity index is 1.51. The number of nitrogens with one attached hydrogen (secondary N) is 2. The molecular formula is C16H19N5O2. The molecule has 120 valence electrons. The van der Waals surface area contributed by atoms with Gasteiger partial charge in [-0.2, -0.15) is 0 Å². The molecule has 0 spiro atoms. The van der Waals surface area contributed by atoms with Crippen molar-refractivity contribution in [3.63, 3.8) is 0 Å². The number of carbonyl (C=O) groups excluding carboxylic acids is 1. The third-order valence-corrected chi connectivity index (χ3v) is 4.29. The Kier molecular flexibility index (Phi) is 3.80. The molecule has 4 rings (SSSR count). The molecule has 2 aliphatic rings. The van der Waals surface area contributed by atoms with Gasteiger partial charge in [-0.25, -0.2) is 4.98 Å². The van der Waals surface area contributed by atoms with E-state index in [1.165, 1.54) is 0 Å². The van der Waals surface area contributed by atoms with Crippen molar-refractivity contribution in [3.05, 3.63) is 36.0 Å². The molecule has 7 nitrogen and oxygen atoms in total. The van der Waals surface area contributed by atoms with Gasteiger partial charge < -0.3 is 20.0 Å². The summed E-state index contributed by atoms with van der Waals surface area (Å²) in [7, 11) is 0. The quantitative estimate of drug-likeness (QED) is 0.823. The molecule has 23 heavy (non-hydrogen) atoms. The molecular weight excluding hydrogens is 294 g/mol. The van der Waals surface area contributed by atoms with Gasteiger partial charge in [-0.15, -0.1) is 0 Å². The van der Waals surface area contributed by atoms with Crippen LogP contribution in [0.1, 0.15) is 11.5 Å². The number of piperazine rings is 1. The minimum absolute atomic E-state index is 0.133. The first kappa shape index (κ1) is 14.3. The predicted molar refractivity (Wildman–Crippen MR) is 83.5 cm³/mol. The number of rotatable bonds is 2. The van der Waals surface area contributed by atoms with Crippen molar-refractivity contribution >= 4 is 5.91 Å². The SMILES string of the molecule is O=C([C@@H]1CNCCN1)N1CCc2oc(-c3cccnc3)nc2C1. The zero-order valence-electron chi connectivity index (χ0n) is 12.8. The van der Waals surface area contributed by atoms with Gasteiger partial charge in [-0.1, -0.05) is 0 Å². The first-order valence-electron chi connectivity index (χ1n) is 7.93. The van der Waals surface area contributed by atoms with Crippen LogP contribution < -0.4 is 10.6 Å². The van der Waals surface area contributed by atoms with Crippen molar-refractivity contribution in [3.8, 4) is 11.5 Å². The maximum absolute atomic E-state index is 12.6. The molecule has 0 radical (unpaired) electrons. The Hall–Kier alpha value is -2.25. The summed E-state index contributed by atoms with van der Waals surface area (Å²) in [6, 6.07) is 3.64. The van der Waals surface area contributed by atoms with Gasteiger partial charge in [0.15, 0.2) is 0 Å². The molecule has 0 unspecified atom stereocenters. The average Bonchev–Trinajstić information content (AvgIpc) is 3.06. The van der Waals surface area contributed by atoms with Crippen LogP contribution in [0.15, 0.2) is 28.9 Å². The molecule has 2 N–H and O–H groups in total. The fourth-order valence-corrected chi connectivity index (χ4v) is 3.05. The maximum Gasteiger partial charge on any atom is 0.241 e. The van der Waals surface area contributed by atoms with Crippen LogP contribution in [0.25, 0.3) is 11.5 Å². The lowest BCUT2D eigenvalue weighted by atomic mass is 10.1. The van der Waals surface area contributed by atoms with Gasteiger partial charge >= 0.3 is 0 Å². The zero-order chi connectivity index (χ0) is 15.6. The number of fused-ring (bicyclic) bond motifs is 1. The Bertz CT molecular complexity index is 694. The number of amides is 1. The van der Waals surface area contributed by atoms with Crippen LogP contribution in [0.4, 0.5) is 0 Å². The van der Waals surface area contributed by atoms with Crippen molar-refractivity contribution in [2.45, 2.75) is 19.0 Å². The third-order valence-electron chi connectivity index (χ3n) is 4.29. The lowest BCUT2D eigenvalue weighted by Crippen LogP contribution is -2.57. The van der Waals surface area contributed by atoms with Gasteiger partial charge in [-0.05, 0) is 12.1 Å². The summed E-state index contributed by atoms with van der Waals surface area (Å²) in [4.78, 5) is 23.1. The van der Waals surface area contributed by atoms with E-state index in [0.717, 1.165) is 30.1 Å². The molecule has 1 fully saturated rings. The molecule has 0 bridgehead atoms. The lowest BCUT2D eigenvalue weighted by Gasteiger charge is -2.31. The second-order valence-electron chi connectivity index (χ2n) is 5.85. The molecule has 2 aromatic rings. The van der Waals surface area contributed by atoms with E-state index in [1.54, 1.807) is 12.4 Å². The summed E-state index contributed by atoms with van der Waals surface area (Å²) in [5.74, 6) is 1.59. The number of oxazole rings is 1. The Morgan fingerprint density at radius 3 is 3.13 bits per heavy atom. The van der Waals surface area contributed by atoms with E-state index in [-0.39, 0.29) is 11.9 Å². The number of hydrogen-bond acceptors (Lipinski definition) is 6. The summed E-state index contributed by atoms with van der Waals surface area (Å²) < 4.78 is 5.85. The highest BCUT2D eigenvalue weighted by Crippen LogP contribution is 2.25. The summed E-state index contributed by atoms with van der Waals surface area (Å²) in [6.07, 6.45) is 4.16. The van der Waals surface area contributed by atoms with Crippen molar-refractivity contribution < 1.29 is 9.21 Å². The minimum Gasteiger partial charge on any atom is -0.441 e. The molecule has 1 saturated heterocycles. The van der Waals surface area contributed by atoms with Crippen molar-refractivity contribution in [2.75, 3.05) is 26.2 Å². The maximum atomic E-state index is 12.6. The number of nitrogens with zero attached hydrogens (tertiary/aromatic N) is 3. The van der Waals surface area contributed by atoms with Gasteiger partial charge in [0.1, 0.15) is 11.5 Å². The van der Waals surface area contributed by atoms with E-state index in [0.29, 0.717) is 31.9 Å². The highest BCUT2D eigenvalue weighted by molar-refractivity contribution is 5.82. The molecule has 0 aliphatic carbocycles. The van der Waals surface area contributed by atoms with Gasteiger partial charge in [0.05, 0.1) is 18.2 Å². The highest BCUT2D eigenvalue weighted by atomic mass is 16.4. The van der Waals surface area contributed by atoms with Crippen LogP contribution in [-0.2, 0) is 17.8 Å². The second kappa shape index (κ2) is 6.10. The van der Waals surface area contributed by atoms with Gasteiger partial charge in [-0.3, -0.25) is 9.78 Å². The van der Waals surface area contributed by atoms with Crippen molar-refractivity contribution in [1.29, 1.82) is 0 Å². The van der Waals surface area contributed by atoms with E-state index in [2.05, 4.69) is 20.6 Å². The molecule has 0 aromatic carbocycles. The minimum atomic E-state index is -0.144. The van der Waals surface area contributed by atoms with Gasteiger partial charge in [0, 0.05) is 45.0 Å². The van der Waals surface area contributed by atoms with E-state index in [9.17, 15) is 4.79 Å². The lowest BCUT2D eigenvalue weighted by molar-refractivity contribution is -0.134. The van der Waals surface area contributed by atoms with Gasteiger partial charge in [0.2, 0.25) is 11.8 Å². The molecule has 2 aromatic heterocycles. The van der Waals surface area contributed by atoms with Crippen LogP contribution in [0.2, 0.25) is 0 Å². The highest BCUT2D eigenvalue weighted by Gasteiger charge is 2.30. The monoisotopic (exact) mass is 313 g/mol. The largest absolute Gasteiger partial charge is 0.441 e. The summed E-state index contributed by atoms with van der Waals surface area (Å²) in [5, 5.41) is 6.51. The topological polar surface area (TPSA) is 83.3 Å². The number of hydrogen-bond donors (Lipinski definition) is 2. The number of carbonyl (C=O) groups is 1. The smallest absolute Gasteiger partial charge is 0.241 e. The molecule has 1 amide bonds. The molecule has 7 heteroatoms. The Morgan fingerprint density at radius 1 is 1.39 bits per heavy atom. The zero-order valence-corrected chi connectivity index (χ0v) is 12.8. The standard InChI is InChI=1S/C16H19N5O2/c22-16(12-9-18-5-6-19-12)21-7-3-14-13(10-21)20-15(23-14)11-2-1-4-17-8-11/h1-2,4,8,12,18-19H,3,5-7,9-10H2/t12-/m0/s1. The summed E-state index contributed by atoms with van der Waals surface area (Å²) in [5.41, 5.74) is 1.71. The van der Waals surface area contributed by atoms with Crippen LogP contribution in [-0.4, -0.2) is 53.0 Å². The van der Waals surface area contributed by atoms with Crippen molar-refractivity contribution in [1.82, 2.24) is 25.5 Å². The summed E-state index contributed by atoms with van der Waals surface area (Å²) in [6.45, 7) is 3.60. The van der Waals surface area contributed by atoms with Crippen molar-refractivity contribution in [2.24, 2.45) is 0 Å². The Morgan fingerprint density at radius 2 is 2.35 bits per heavy atom. The van der Waals surface area contributed by atoms with Crippen LogP contribution in [0, 0.1) is 0 Å². The number of pyridine rings is 1.